The van der Waals surface area contributed by atoms with Gasteiger partial charge in [-0.25, -0.2) is 0 Å². The van der Waals surface area contributed by atoms with E-state index in [0.29, 0.717) is 12.3 Å². The minimum absolute atomic E-state index is 0.0405. The van der Waals surface area contributed by atoms with E-state index in [1.165, 1.54) is 0 Å². The molecule has 3 atom stereocenters. The van der Waals surface area contributed by atoms with Crippen molar-refractivity contribution in [3.8, 4) is 0 Å². The molecule has 0 amide bonds. The minimum Gasteiger partial charge on any atom is -0.480 e. The molecule has 0 aliphatic heterocycles. The molecule has 5 heteroatoms. The van der Waals surface area contributed by atoms with Gasteiger partial charge in [-0.3, -0.25) is 14.4 Å². The van der Waals surface area contributed by atoms with Gasteiger partial charge in [0.15, 0.2) is 5.78 Å². The van der Waals surface area contributed by atoms with Crippen LogP contribution in [0.25, 0.3) is 0 Å². The highest BCUT2D eigenvalue weighted by molar-refractivity contribution is 6.14. The predicted molar refractivity (Wildman–Crippen MR) is 52.6 cm³/mol. The molecule has 1 saturated carbocycles. The smallest absolute Gasteiger partial charge is 0.325 e. The van der Waals surface area contributed by atoms with Crippen LogP contribution in [0.2, 0.25) is 0 Å². The molecule has 2 rings (SSSR count). The van der Waals surface area contributed by atoms with Gasteiger partial charge in [0.2, 0.25) is 5.92 Å². The van der Waals surface area contributed by atoms with Gasteiger partial charge in [0.05, 0.1) is 0 Å². The SMILES string of the molecule is O=C(O)C(C(=O)O)C(=O)C1CC2C=CC1C2. The Morgan fingerprint density at radius 3 is 2.06 bits per heavy atom. The van der Waals surface area contributed by atoms with Crippen LogP contribution in [0.5, 0.6) is 0 Å². The molecule has 5 nitrogen and oxygen atoms in total. The van der Waals surface area contributed by atoms with Crippen LogP contribution in [-0.2, 0) is 14.4 Å². The molecule has 2 N–H and O–H groups in total. The molecule has 2 bridgehead atoms. The predicted octanol–water partition coefficient (Wildman–Crippen LogP) is 0.553. The molecule has 2 aliphatic carbocycles. The summed E-state index contributed by atoms with van der Waals surface area (Å²) in [6.07, 6.45) is 5.36. The van der Waals surface area contributed by atoms with Crippen LogP contribution < -0.4 is 0 Å². The van der Waals surface area contributed by atoms with Crippen LogP contribution in [-0.4, -0.2) is 27.9 Å². The second kappa shape index (κ2) is 3.73. The van der Waals surface area contributed by atoms with E-state index in [-0.39, 0.29) is 5.92 Å². The zero-order chi connectivity index (χ0) is 11.9. The first-order valence-corrected chi connectivity index (χ1v) is 5.18. The zero-order valence-electron chi connectivity index (χ0n) is 8.50. The summed E-state index contributed by atoms with van der Waals surface area (Å²) >= 11 is 0. The van der Waals surface area contributed by atoms with Crippen LogP contribution in [0.1, 0.15) is 12.8 Å². The van der Waals surface area contributed by atoms with Gasteiger partial charge in [0.1, 0.15) is 0 Å². The normalized spacial score (nSPS) is 30.9. The molecule has 0 spiro atoms. The van der Waals surface area contributed by atoms with Gasteiger partial charge in [-0.1, -0.05) is 12.2 Å². The van der Waals surface area contributed by atoms with Crippen molar-refractivity contribution in [2.75, 3.05) is 0 Å². The molecule has 0 saturated heterocycles. The number of allylic oxidation sites excluding steroid dienone is 2. The fraction of sp³-hybridized carbons (Fsp3) is 0.545. The average molecular weight is 224 g/mol. The van der Waals surface area contributed by atoms with E-state index in [1.54, 1.807) is 0 Å². The van der Waals surface area contributed by atoms with Gasteiger partial charge in [0, 0.05) is 5.92 Å². The van der Waals surface area contributed by atoms with Crippen molar-refractivity contribution >= 4 is 17.7 Å². The first-order chi connectivity index (χ1) is 7.50. The van der Waals surface area contributed by atoms with E-state index >= 15 is 0 Å². The van der Waals surface area contributed by atoms with E-state index in [0.717, 1.165) is 6.42 Å². The van der Waals surface area contributed by atoms with Crippen LogP contribution in [0.4, 0.5) is 0 Å². The fourth-order valence-electron chi connectivity index (χ4n) is 2.67. The maximum Gasteiger partial charge on any atom is 0.325 e. The lowest BCUT2D eigenvalue weighted by atomic mass is 9.83. The number of rotatable bonds is 4. The van der Waals surface area contributed by atoms with Gasteiger partial charge < -0.3 is 10.2 Å². The third-order valence-electron chi connectivity index (χ3n) is 3.42. The maximum atomic E-state index is 11.8. The molecule has 0 heterocycles. The van der Waals surface area contributed by atoms with E-state index in [9.17, 15) is 14.4 Å². The maximum absolute atomic E-state index is 11.8. The van der Waals surface area contributed by atoms with Crippen molar-refractivity contribution in [1.82, 2.24) is 0 Å². The summed E-state index contributed by atoms with van der Waals surface area (Å²) in [5.41, 5.74) is 0. The third kappa shape index (κ3) is 1.62. The molecule has 0 aromatic rings. The second-order valence-corrected chi connectivity index (χ2v) is 4.40. The van der Waals surface area contributed by atoms with Crippen molar-refractivity contribution in [3.63, 3.8) is 0 Å². The summed E-state index contributed by atoms with van der Waals surface area (Å²) in [6.45, 7) is 0. The Balaban J connectivity index is 2.15. The number of hydrogen-bond acceptors (Lipinski definition) is 3. The van der Waals surface area contributed by atoms with Crippen molar-refractivity contribution in [2.24, 2.45) is 23.7 Å². The van der Waals surface area contributed by atoms with Gasteiger partial charge in [0.25, 0.3) is 0 Å². The number of carboxylic acids is 2. The highest BCUT2D eigenvalue weighted by atomic mass is 16.4. The van der Waals surface area contributed by atoms with Crippen LogP contribution >= 0.6 is 0 Å². The Hall–Kier alpha value is -1.65. The van der Waals surface area contributed by atoms with Crippen molar-refractivity contribution in [1.29, 1.82) is 0 Å². The summed E-state index contributed by atoms with van der Waals surface area (Å²) in [7, 11) is 0. The lowest BCUT2D eigenvalue weighted by Crippen LogP contribution is -2.37. The number of carbonyl (C=O) groups is 3. The van der Waals surface area contributed by atoms with Crippen LogP contribution in [0, 0.1) is 23.7 Å². The summed E-state index contributed by atoms with van der Waals surface area (Å²) in [5.74, 6) is -5.75. The quantitative estimate of drug-likeness (QED) is 0.537. The number of carboxylic acid groups (broad SMARTS) is 2. The number of fused-ring (bicyclic) bond motifs is 2. The molecule has 0 radical (unpaired) electrons. The Labute approximate surface area is 91.8 Å². The topological polar surface area (TPSA) is 91.7 Å². The minimum atomic E-state index is -1.90. The molecule has 0 aromatic carbocycles. The van der Waals surface area contributed by atoms with Crippen molar-refractivity contribution in [3.05, 3.63) is 12.2 Å². The second-order valence-electron chi connectivity index (χ2n) is 4.40. The number of hydrogen-bond donors (Lipinski definition) is 2. The number of carbonyl (C=O) groups excluding carboxylic acids is 1. The molecule has 1 fully saturated rings. The van der Waals surface area contributed by atoms with Crippen molar-refractivity contribution in [2.45, 2.75) is 12.8 Å². The largest absolute Gasteiger partial charge is 0.480 e. The lowest BCUT2D eigenvalue weighted by molar-refractivity contribution is -0.159. The first kappa shape index (κ1) is 10.9. The van der Waals surface area contributed by atoms with E-state index in [1.807, 2.05) is 12.2 Å². The van der Waals surface area contributed by atoms with Crippen molar-refractivity contribution < 1.29 is 24.6 Å². The summed E-state index contributed by atoms with van der Waals surface area (Å²) in [6, 6.07) is 0. The molecule has 3 unspecified atom stereocenters. The van der Waals surface area contributed by atoms with Gasteiger partial charge in [-0.2, -0.15) is 0 Å². The van der Waals surface area contributed by atoms with E-state index in [4.69, 9.17) is 10.2 Å². The number of Topliss-reactive ketones (excluding diaryl/α,β-unsaturated/α-hetero) is 1. The summed E-state index contributed by atoms with van der Waals surface area (Å²) in [5, 5.41) is 17.4. The summed E-state index contributed by atoms with van der Waals surface area (Å²) in [4.78, 5) is 33.3. The standard InChI is InChI=1S/C11H12O5/c12-9(8(10(13)14)11(15)16)7-4-5-1-2-6(7)3-5/h1-2,5-8H,3-4H2,(H,13,14)(H,15,16). The van der Waals surface area contributed by atoms with E-state index < -0.39 is 29.6 Å². The third-order valence-corrected chi connectivity index (χ3v) is 3.42. The zero-order valence-corrected chi connectivity index (χ0v) is 8.50. The molecule has 86 valence electrons. The molecule has 0 aromatic heterocycles. The molecular formula is C11H12O5. The van der Waals surface area contributed by atoms with Crippen LogP contribution in [0.15, 0.2) is 12.2 Å². The number of aliphatic carboxylic acids is 2. The molecule has 2 aliphatic rings. The van der Waals surface area contributed by atoms with Gasteiger partial charge in [-0.15, -0.1) is 0 Å². The Morgan fingerprint density at radius 2 is 1.69 bits per heavy atom. The van der Waals surface area contributed by atoms with Gasteiger partial charge >= 0.3 is 11.9 Å². The monoisotopic (exact) mass is 224 g/mol. The Bertz CT molecular complexity index is 370. The number of ketones is 1. The Morgan fingerprint density at radius 1 is 1.06 bits per heavy atom. The first-order valence-electron chi connectivity index (χ1n) is 5.18. The van der Waals surface area contributed by atoms with Crippen LogP contribution in [0.3, 0.4) is 0 Å². The highest BCUT2D eigenvalue weighted by Crippen LogP contribution is 2.44. The average Bonchev–Trinajstić information content (AvgIpc) is 2.76. The molecule has 16 heavy (non-hydrogen) atoms. The molecular weight excluding hydrogens is 212 g/mol. The lowest BCUT2D eigenvalue weighted by Gasteiger charge is -2.18. The summed E-state index contributed by atoms with van der Waals surface area (Å²) < 4.78 is 0. The Kier molecular flexibility index (Phi) is 2.53. The van der Waals surface area contributed by atoms with Gasteiger partial charge in [-0.05, 0) is 24.7 Å². The fourth-order valence-corrected chi connectivity index (χ4v) is 2.67. The van der Waals surface area contributed by atoms with E-state index in [2.05, 4.69) is 0 Å². The highest BCUT2D eigenvalue weighted by Gasteiger charge is 2.46.